The summed E-state index contributed by atoms with van der Waals surface area (Å²) < 4.78 is 5.41. The monoisotopic (exact) mass is 194 g/mol. The second kappa shape index (κ2) is 7.30. The van der Waals surface area contributed by atoms with E-state index in [1.54, 1.807) is 18.6 Å². The second-order valence-electron chi connectivity index (χ2n) is 3.31. The van der Waals surface area contributed by atoms with Crippen LogP contribution in [-0.4, -0.2) is 16.6 Å². The van der Waals surface area contributed by atoms with Crippen LogP contribution in [0.25, 0.3) is 0 Å². The van der Waals surface area contributed by atoms with Gasteiger partial charge in [-0.15, -0.1) is 0 Å². The number of ether oxygens (including phenoxy) is 1. The molecule has 1 rings (SSSR count). The van der Waals surface area contributed by atoms with Gasteiger partial charge in [-0.05, 0) is 6.42 Å². The van der Waals surface area contributed by atoms with Gasteiger partial charge < -0.3 is 4.74 Å². The molecule has 0 atom stereocenters. The van der Waals surface area contributed by atoms with Crippen LogP contribution in [0.2, 0.25) is 0 Å². The number of hydrogen-bond acceptors (Lipinski definition) is 3. The topological polar surface area (TPSA) is 35.0 Å². The van der Waals surface area contributed by atoms with Crippen LogP contribution in [0.5, 0.6) is 5.88 Å². The molecule has 0 saturated carbocycles. The molecular formula is C11H18N2O. The Labute approximate surface area is 85.5 Å². The fraction of sp³-hybridized carbons (Fsp3) is 0.636. The van der Waals surface area contributed by atoms with E-state index in [-0.39, 0.29) is 0 Å². The summed E-state index contributed by atoms with van der Waals surface area (Å²) in [5.41, 5.74) is 0. The van der Waals surface area contributed by atoms with Crippen molar-refractivity contribution < 1.29 is 4.74 Å². The zero-order chi connectivity index (χ0) is 10.1. The number of unbranched alkanes of at least 4 members (excludes halogenated alkanes) is 4. The predicted molar refractivity (Wildman–Crippen MR) is 56.3 cm³/mol. The molecule has 3 nitrogen and oxygen atoms in total. The molecule has 0 radical (unpaired) electrons. The van der Waals surface area contributed by atoms with Gasteiger partial charge in [-0.3, -0.25) is 4.98 Å². The Bertz CT molecular complexity index is 226. The Morgan fingerprint density at radius 2 is 2.00 bits per heavy atom. The predicted octanol–water partition coefficient (Wildman–Crippen LogP) is 2.83. The van der Waals surface area contributed by atoms with Crippen LogP contribution in [0, 0.1) is 0 Å². The van der Waals surface area contributed by atoms with E-state index in [2.05, 4.69) is 16.9 Å². The first-order chi connectivity index (χ1) is 6.93. The van der Waals surface area contributed by atoms with Gasteiger partial charge in [-0.25, -0.2) is 4.98 Å². The van der Waals surface area contributed by atoms with E-state index in [1.807, 2.05) is 0 Å². The van der Waals surface area contributed by atoms with Crippen LogP contribution in [-0.2, 0) is 0 Å². The molecule has 0 amide bonds. The molecule has 14 heavy (non-hydrogen) atoms. The van der Waals surface area contributed by atoms with Crippen LogP contribution in [0.4, 0.5) is 0 Å². The molecule has 0 aliphatic heterocycles. The Hall–Kier alpha value is -1.12. The van der Waals surface area contributed by atoms with Crippen molar-refractivity contribution in [3.05, 3.63) is 18.6 Å². The molecule has 1 heterocycles. The van der Waals surface area contributed by atoms with Gasteiger partial charge in [0.2, 0.25) is 5.88 Å². The zero-order valence-electron chi connectivity index (χ0n) is 8.78. The van der Waals surface area contributed by atoms with Crippen molar-refractivity contribution in [2.45, 2.75) is 39.0 Å². The smallest absolute Gasteiger partial charge is 0.232 e. The maximum atomic E-state index is 5.41. The average molecular weight is 194 g/mol. The SMILES string of the molecule is CCCCCCCOc1cnccn1. The highest BCUT2D eigenvalue weighted by molar-refractivity contribution is 5.00. The molecule has 1 aromatic heterocycles. The van der Waals surface area contributed by atoms with E-state index in [4.69, 9.17) is 4.74 Å². The van der Waals surface area contributed by atoms with Gasteiger partial charge in [-0.1, -0.05) is 32.6 Å². The van der Waals surface area contributed by atoms with Gasteiger partial charge in [0.25, 0.3) is 0 Å². The zero-order valence-corrected chi connectivity index (χ0v) is 8.78. The quantitative estimate of drug-likeness (QED) is 0.626. The minimum atomic E-state index is 0.628. The Morgan fingerprint density at radius 3 is 2.71 bits per heavy atom. The van der Waals surface area contributed by atoms with Gasteiger partial charge in [0, 0.05) is 12.4 Å². The third kappa shape index (κ3) is 4.80. The third-order valence-electron chi connectivity index (χ3n) is 2.04. The van der Waals surface area contributed by atoms with E-state index in [1.165, 1.54) is 25.7 Å². The van der Waals surface area contributed by atoms with Crippen molar-refractivity contribution in [3.8, 4) is 5.88 Å². The summed E-state index contributed by atoms with van der Waals surface area (Å²) in [6, 6.07) is 0. The van der Waals surface area contributed by atoms with Crippen LogP contribution in [0.15, 0.2) is 18.6 Å². The van der Waals surface area contributed by atoms with E-state index >= 15 is 0 Å². The number of rotatable bonds is 7. The first kappa shape index (κ1) is 11.0. The Morgan fingerprint density at radius 1 is 1.14 bits per heavy atom. The molecule has 1 aromatic rings. The molecule has 0 aliphatic carbocycles. The summed E-state index contributed by atoms with van der Waals surface area (Å²) in [7, 11) is 0. The van der Waals surface area contributed by atoms with E-state index < -0.39 is 0 Å². The van der Waals surface area contributed by atoms with Gasteiger partial charge in [0.1, 0.15) is 0 Å². The van der Waals surface area contributed by atoms with Gasteiger partial charge in [0.15, 0.2) is 0 Å². The highest BCUT2D eigenvalue weighted by atomic mass is 16.5. The van der Waals surface area contributed by atoms with Crippen LogP contribution >= 0.6 is 0 Å². The largest absolute Gasteiger partial charge is 0.477 e. The lowest BCUT2D eigenvalue weighted by molar-refractivity contribution is 0.292. The molecule has 0 N–H and O–H groups in total. The van der Waals surface area contributed by atoms with Gasteiger partial charge in [-0.2, -0.15) is 0 Å². The number of hydrogen-bond donors (Lipinski definition) is 0. The fourth-order valence-electron chi connectivity index (χ4n) is 1.24. The Balaban J connectivity index is 1.99. The molecular weight excluding hydrogens is 176 g/mol. The maximum Gasteiger partial charge on any atom is 0.232 e. The molecule has 0 aromatic carbocycles. The molecule has 0 unspecified atom stereocenters. The van der Waals surface area contributed by atoms with E-state index in [0.717, 1.165) is 13.0 Å². The summed E-state index contributed by atoms with van der Waals surface area (Å²) in [6.45, 7) is 2.97. The third-order valence-corrected chi connectivity index (χ3v) is 2.04. The summed E-state index contributed by atoms with van der Waals surface area (Å²) in [6.07, 6.45) is 11.2. The standard InChI is InChI=1S/C11H18N2O/c1-2-3-4-5-6-9-14-11-10-12-7-8-13-11/h7-8,10H,2-6,9H2,1H3. The minimum Gasteiger partial charge on any atom is -0.477 e. The normalized spacial score (nSPS) is 10.1. The molecule has 0 saturated heterocycles. The van der Waals surface area contributed by atoms with Crippen molar-refractivity contribution in [3.63, 3.8) is 0 Å². The molecule has 0 spiro atoms. The van der Waals surface area contributed by atoms with Crippen LogP contribution in [0.3, 0.4) is 0 Å². The number of aromatic nitrogens is 2. The van der Waals surface area contributed by atoms with E-state index in [0.29, 0.717) is 5.88 Å². The highest BCUT2D eigenvalue weighted by Gasteiger charge is 1.93. The van der Waals surface area contributed by atoms with E-state index in [9.17, 15) is 0 Å². The molecule has 0 bridgehead atoms. The highest BCUT2D eigenvalue weighted by Crippen LogP contribution is 2.05. The minimum absolute atomic E-state index is 0.628. The lowest BCUT2D eigenvalue weighted by Gasteiger charge is -2.03. The van der Waals surface area contributed by atoms with Crippen LogP contribution in [0.1, 0.15) is 39.0 Å². The molecule has 78 valence electrons. The summed E-state index contributed by atoms with van der Waals surface area (Å²) >= 11 is 0. The second-order valence-corrected chi connectivity index (χ2v) is 3.31. The lowest BCUT2D eigenvalue weighted by atomic mass is 10.2. The first-order valence-corrected chi connectivity index (χ1v) is 5.32. The average Bonchev–Trinajstić information content (AvgIpc) is 2.25. The van der Waals surface area contributed by atoms with Crippen LogP contribution < -0.4 is 4.74 Å². The van der Waals surface area contributed by atoms with Gasteiger partial charge >= 0.3 is 0 Å². The first-order valence-electron chi connectivity index (χ1n) is 5.32. The van der Waals surface area contributed by atoms with Crippen molar-refractivity contribution in [1.82, 2.24) is 9.97 Å². The summed E-state index contributed by atoms with van der Waals surface area (Å²) in [4.78, 5) is 7.95. The van der Waals surface area contributed by atoms with Crippen molar-refractivity contribution >= 4 is 0 Å². The van der Waals surface area contributed by atoms with Crippen molar-refractivity contribution in [2.24, 2.45) is 0 Å². The fourth-order valence-corrected chi connectivity index (χ4v) is 1.24. The summed E-state index contributed by atoms with van der Waals surface area (Å²) in [5.74, 6) is 0.628. The number of nitrogens with zero attached hydrogens (tertiary/aromatic N) is 2. The lowest BCUT2D eigenvalue weighted by Crippen LogP contribution is -1.99. The Kier molecular flexibility index (Phi) is 5.71. The van der Waals surface area contributed by atoms with Crippen molar-refractivity contribution in [1.29, 1.82) is 0 Å². The molecule has 0 fully saturated rings. The van der Waals surface area contributed by atoms with Gasteiger partial charge in [0.05, 0.1) is 12.8 Å². The molecule has 3 heteroatoms. The summed E-state index contributed by atoms with van der Waals surface area (Å²) in [5, 5.41) is 0. The maximum absolute atomic E-state index is 5.41. The van der Waals surface area contributed by atoms with Crippen molar-refractivity contribution in [2.75, 3.05) is 6.61 Å². The molecule has 0 aliphatic rings.